The van der Waals surface area contributed by atoms with Crippen LogP contribution in [-0.2, 0) is 5.41 Å². The van der Waals surface area contributed by atoms with E-state index in [2.05, 4.69) is 90.1 Å². The zero-order valence-corrected chi connectivity index (χ0v) is 18.7. The molecule has 1 nitrogen and oxygen atoms in total. The molecule has 0 aliphatic rings. The van der Waals surface area contributed by atoms with Gasteiger partial charge in [0.25, 0.3) is 0 Å². The molecule has 148 valence electrons. The molecule has 0 atom stereocenters. The SMILES string of the molecule is CC(C)(C)c1ccc(Sc2ccc(-c3ccc(O)cc3)cc2)cc1.CC(C)C. The third-order valence-electron chi connectivity index (χ3n) is 4.01. The molecule has 0 unspecified atom stereocenters. The van der Waals surface area contributed by atoms with E-state index in [0.717, 1.165) is 17.0 Å². The first-order chi connectivity index (χ1) is 13.1. The van der Waals surface area contributed by atoms with Crippen molar-refractivity contribution < 1.29 is 5.11 Å². The van der Waals surface area contributed by atoms with Crippen LogP contribution in [0.1, 0.15) is 47.1 Å². The second-order valence-electron chi connectivity index (χ2n) is 8.68. The van der Waals surface area contributed by atoms with Crippen LogP contribution >= 0.6 is 11.8 Å². The highest BCUT2D eigenvalue weighted by atomic mass is 32.2. The second kappa shape index (κ2) is 9.84. The molecule has 0 saturated heterocycles. The molecule has 0 amide bonds. The summed E-state index contributed by atoms with van der Waals surface area (Å²) in [4.78, 5) is 2.47. The molecular formula is C26H32OS. The summed E-state index contributed by atoms with van der Waals surface area (Å²) in [6.45, 7) is 13.2. The zero-order valence-electron chi connectivity index (χ0n) is 17.9. The Bertz CT molecular complexity index is 836. The molecular weight excluding hydrogens is 360 g/mol. The molecule has 3 aromatic carbocycles. The fourth-order valence-corrected chi connectivity index (χ4v) is 3.34. The molecule has 3 rings (SSSR count). The number of phenolic OH excluding ortho intramolecular Hbond substituents is 1. The van der Waals surface area contributed by atoms with Crippen LogP contribution in [0.5, 0.6) is 5.75 Å². The molecule has 0 saturated carbocycles. The Balaban J connectivity index is 0.000000640. The average Bonchev–Trinajstić information content (AvgIpc) is 2.62. The van der Waals surface area contributed by atoms with Crippen LogP contribution in [0.4, 0.5) is 0 Å². The third kappa shape index (κ3) is 7.09. The highest BCUT2D eigenvalue weighted by Gasteiger charge is 2.12. The summed E-state index contributed by atoms with van der Waals surface area (Å²) in [5, 5.41) is 9.38. The molecule has 1 N–H and O–H groups in total. The molecule has 0 spiro atoms. The van der Waals surface area contributed by atoms with Crippen LogP contribution in [0.25, 0.3) is 11.1 Å². The summed E-state index contributed by atoms with van der Waals surface area (Å²) < 4.78 is 0. The average molecular weight is 393 g/mol. The minimum Gasteiger partial charge on any atom is -0.508 e. The predicted molar refractivity (Wildman–Crippen MR) is 123 cm³/mol. The van der Waals surface area contributed by atoms with Crippen molar-refractivity contribution in [3.63, 3.8) is 0 Å². The minimum atomic E-state index is 0.189. The standard InChI is InChI=1S/C22H22OS.C4H10/c1-22(2,3)18-8-14-21(15-9-18)24-20-12-6-17(7-13-20)16-4-10-19(23)11-5-16;1-4(2)3/h4-15,23H,1-3H3;4H,1-3H3. The van der Waals surface area contributed by atoms with Crippen molar-refractivity contribution in [1.29, 1.82) is 0 Å². The Hall–Kier alpha value is -2.19. The molecule has 2 heteroatoms. The minimum absolute atomic E-state index is 0.189. The van der Waals surface area contributed by atoms with Crippen LogP contribution in [0, 0.1) is 5.92 Å². The number of benzene rings is 3. The van der Waals surface area contributed by atoms with Gasteiger partial charge >= 0.3 is 0 Å². The van der Waals surface area contributed by atoms with Crippen LogP contribution < -0.4 is 0 Å². The predicted octanol–water partition coefficient (Wildman–Crippen LogP) is 8.17. The van der Waals surface area contributed by atoms with Crippen molar-refractivity contribution in [2.24, 2.45) is 5.92 Å². The molecule has 0 aliphatic carbocycles. The van der Waals surface area contributed by atoms with Crippen LogP contribution in [0.2, 0.25) is 0 Å². The van der Waals surface area contributed by atoms with Gasteiger partial charge in [-0.3, -0.25) is 0 Å². The fourth-order valence-electron chi connectivity index (χ4n) is 2.53. The lowest BCUT2D eigenvalue weighted by molar-refractivity contribution is 0.475. The van der Waals surface area contributed by atoms with Gasteiger partial charge in [0, 0.05) is 9.79 Å². The van der Waals surface area contributed by atoms with Crippen LogP contribution in [-0.4, -0.2) is 5.11 Å². The van der Waals surface area contributed by atoms with Gasteiger partial charge in [0.2, 0.25) is 0 Å². The highest BCUT2D eigenvalue weighted by molar-refractivity contribution is 7.99. The van der Waals surface area contributed by atoms with Gasteiger partial charge < -0.3 is 5.11 Å². The van der Waals surface area contributed by atoms with E-state index < -0.39 is 0 Å². The maximum absolute atomic E-state index is 9.38. The van der Waals surface area contributed by atoms with E-state index in [9.17, 15) is 5.11 Å². The van der Waals surface area contributed by atoms with E-state index in [-0.39, 0.29) is 5.41 Å². The van der Waals surface area contributed by atoms with Crippen molar-refractivity contribution in [2.75, 3.05) is 0 Å². The van der Waals surface area contributed by atoms with Gasteiger partial charge in [-0.1, -0.05) is 89.7 Å². The Kier molecular flexibility index (Phi) is 7.77. The zero-order chi connectivity index (χ0) is 20.7. The summed E-state index contributed by atoms with van der Waals surface area (Å²) in [7, 11) is 0. The van der Waals surface area contributed by atoms with Gasteiger partial charge in [0.1, 0.15) is 5.75 Å². The van der Waals surface area contributed by atoms with E-state index >= 15 is 0 Å². The first kappa shape index (κ1) is 22.1. The van der Waals surface area contributed by atoms with E-state index in [1.165, 1.54) is 15.4 Å². The lowest BCUT2D eigenvalue weighted by atomic mass is 9.87. The number of hydrogen-bond acceptors (Lipinski definition) is 2. The molecule has 3 aromatic rings. The van der Waals surface area contributed by atoms with Gasteiger partial charge in [0.15, 0.2) is 0 Å². The Morgan fingerprint density at radius 2 is 1.00 bits per heavy atom. The van der Waals surface area contributed by atoms with Crippen molar-refractivity contribution in [3.8, 4) is 16.9 Å². The number of phenols is 1. The Morgan fingerprint density at radius 3 is 1.39 bits per heavy atom. The van der Waals surface area contributed by atoms with Gasteiger partial charge in [-0.15, -0.1) is 0 Å². The topological polar surface area (TPSA) is 20.2 Å². The summed E-state index contributed by atoms with van der Waals surface area (Å²) in [5.41, 5.74) is 3.81. The number of aromatic hydroxyl groups is 1. The maximum Gasteiger partial charge on any atom is 0.115 e. The molecule has 0 radical (unpaired) electrons. The molecule has 28 heavy (non-hydrogen) atoms. The fraction of sp³-hybridized carbons (Fsp3) is 0.308. The summed E-state index contributed by atoms with van der Waals surface area (Å²) >= 11 is 1.77. The largest absolute Gasteiger partial charge is 0.508 e. The first-order valence-corrected chi connectivity index (χ1v) is 10.6. The van der Waals surface area contributed by atoms with Crippen LogP contribution in [0.3, 0.4) is 0 Å². The highest BCUT2D eigenvalue weighted by Crippen LogP contribution is 2.32. The van der Waals surface area contributed by atoms with E-state index in [4.69, 9.17) is 0 Å². The summed E-state index contributed by atoms with van der Waals surface area (Å²) in [5.74, 6) is 1.13. The summed E-state index contributed by atoms with van der Waals surface area (Å²) in [6.07, 6.45) is 0. The molecule has 0 bridgehead atoms. The maximum atomic E-state index is 9.38. The van der Waals surface area contributed by atoms with Gasteiger partial charge in [0.05, 0.1) is 0 Å². The molecule has 0 aliphatic heterocycles. The van der Waals surface area contributed by atoms with Gasteiger partial charge in [-0.05, 0) is 64.4 Å². The van der Waals surface area contributed by atoms with E-state index in [1.807, 2.05) is 12.1 Å². The number of hydrogen-bond donors (Lipinski definition) is 1. The molecule has 0 fully saturated rings. The third-order valence-corrected chi connectivity index (χ3v) is 5.03. The Labute approximate surface area is 174 Å². The molecule has 0 heterocycles. The summed E-state index contributed by atoms with van der Waals surface area (Å²) in [6, 6.07) is 24.7. The van der Waals surface area contributed by atoms with Gasteiger partial charge in [-0.25, -0.2) is 0 Å². The normalized spacial score (nSPS) is 11.1. The van der Waals surface area contributed by atoms with Crippen molar-refractivity contribution in [2.45, 2.75) is 56.7 Å². The number of rotatable bonds is 3. The Morgan fingerprint density at radius 1 is 0.643 bits per heavy atom. The second-order valence-corrected chi connectivity index (χ2v) is 9.83. The lowest BCUT2D eigenvalue weighted by Crippen LogP contribution is -2.10. The molecule has 0 aromatic heterocycles. The lowest BCUT2D eigenvalue weighted by Gasteiger charge is -2.19. The van der Waals surface area contributed by atoms with Crippen molar-refractivity contribution >= 4 is 11.8 Å². The quantitative estimate of drug-likeness (QED) is 0.485. The van der Waals surface area contributed by atoms with E-state index in [1.54, 1.807) is 23.9 Å². The first-order valence-electron chi connectivity index (χ1n) is 9.83. The van der Waals surface area contributed by atoms with Gasteiger partial charge in [-0.2, -0.15) is 0 Å². The van der Waals surface area contributed by atoms with Crippen molar-refractivity contribution in [3.05, 3.63) is 78.4 Å². The smallest absolute Gasteiger partial charge is 0.115 e. The monoisotopic (exact) mass is 392 g/mol. The van der Waals surface area contributed by atoms with Crippen LogP contribution in [0.15, 0.2) is 82.6 Å². The van der Waals surface area contributed by atoms with Crippen molar-refractivity contribution in [1.82, 2.24) is 0 Å². The van der Waals surface area contributed by atoms with E-state index in [0.29, 0.717) is 5.75 Å².